The highest BCUT2D eigenvalue weighted by molar-refractivity contribution is 5.51. The first-order chi connectivity index (χ1) is 8.72. The molecule has 18 heavy (non-hydrogen) atoms. The Hall–Kier alpha value is -1.16. The molecule has 2 heterocycles. The van der Waals surface area contributed by atoms with Crippen molar-refractivity contribution in [2.24, 2.45) is 5.41 Å². The molecule has 0 amide bonds. The van der Waals surface area contributed by atoms with Gasteiger partial charge in [0.15, 0.2) is 0 Å². The largest absolute Gasteiger partial charge is 0.356 e. The second-order valence-corrected chi connectivity index (χ2v) is 5.99. The molecule has 4 nitrogen and oxygen atoms in total. The number of fused-ring (bicyclic) bond motifs is 1. The van der Waals surface area contributed by atoms with Gasteiger partial charge in [-0.3, -0.25) is 0 Å². The summed E-state index contributed by atoms with van der Waals surface area (Å²) >= 11 is 0. The maximum atomic E-state index is 4.55. The molecule has 1 fully saturated rings. The van der Waals surface area contributed by atoms with E-state index >= 15 is 0 Å². The van der Waals surface area contributed by atoms with Crippen molar-refractivity contribution < 1.29 is 0 Å². The summed E-state index contributed by atoms with van der Waals surface area (Å²) in [6.07, 6.45) is 6.51. The Morgan fingerprint density at radius 1 is 1.39 bits per heavy atom. The minimum atomic E-state index is 0.380. The van der Waals surface area contributed by atoms with Crippen LogP contribution in [-0.4, -0.2) is 36.6 Å². The summed E-state index contributed by atoms with van der Waals surface area (Å²) in [6, 6.07) is 0. The number of aromatic nitrogens is 2. The van der Waals surface area contributed by atoms with Gasteiger partial charge in [-0.25, -0.2) is 9.97 Å². The van der Waals surface area contributed by atoms with Crippen molar-refractivity contribution in [1.29, 1.82) is 0 Å². The minimum absolute atomic E-state index is 0.380. The summed E-state index contributed by atoms with van der Waals surface area (Å²) in [5.74, 6) is 1.21. The van der Waals surface area contributed by atoms with Crippen molar-refractivity contribution in [2.45, 2.75) is 32.6 Å². The lowest BCUT2D eigenvalue weighted by molar-refractivity contribution is 0.355. The van der Waals surface area contributed by atoms with Crippen LogP contribution in [0, 0.1) is 5.41 Å². The molecule has 1 N–H and O–H groups in total. The SMILES string of the molecule is CNCC1(C)CCN(c2ncnc3c2CCC3)C1. The van der Waals surface area contributed by atoms with E-state index < -0.39 is 0 Å². The van der Waals surface area contributed by atoms with E-state index in [4.69, 9.17) is 0 Å². The monoisotopic (exact) mass is 246 g/mol. The van der Waals surface area contributed by atoms with E-state index in [0.29, 0.717) is 5.41 Å². The number of rotatable bonds is 3. The average molecular weight is 246 g/mol. The van der Waals surface area contributed by atoms with Gasteiger partial charge in [0.25, 0.3) is 0 Å². The first-order valence-corrected chi connectivity index (χ1v) is 6.94. The maximum absolute atomic E-state index is 4.55. The molecule has 0 bridgehead atoms. The van der Waals surface area contributed by atoms with Gasteiger partial charge in [0.2, 0.25) is 0 Å². The predicted octanol–water partition coefficient (Wildman–Crippen LogP) is 1.40. The van der Waals surface area contributed by atoms with Crippen LogP contribution in [-0.2, 0) is 12.8 Å². The van der Waals surface area contributed by atoms with Crippen molar-refractivity contribution in [3.05, 3.63) is 17.6 Å². The molecule has 1 aliphatic carbocycles. The van der Waals surface area contributed by atoms with Crippen LogP contribution < -0.4 is 10.2 Å². The Morgan fingerprint density at radius 3 is 3.11 bits per heavy atom. The van der Waals surface area contributed by atoms with Crippen LogP contribution in [0.3, 0.4) is 0 Å². The summed E-state index contributed by atoms with van der Waals surface area (Å²) < 4.78 is 0. The smallest absolute Gasteiger partial charge is 0.135 e. The van der Waals surface area contributed by atoms with Crippen molar-refractivity contribution in [3.63, 3.8) is 0 Å². The lowest BCUT2D eigenvalue weighted by atomic mass is 9.90. The van der Waals surface area contributed by atoms with E-state index in [-0.39, 0.29) is 0 Å². The van der Waals surface area contributed by atoms with E-state index in [1.807, 2.05) is 7.05 Å². The molecule has 1 aromatic rings. The molecule has 1 saturated heterocycles. The minimum Gasteiger partial charge on any atom is -0.356 e. The molecule has 1 atom stereocenters. The quantitative estimate of drug-likeness (QED) is 0.875. The molecular weight excluding hydrogens is 224 g/mol. The van der Waals surface area contributed by atoms with Crippen molar-refractivity contribution in [1.82, 2.24) is 15.3 Å². The van der Waals surface area contributed by atoms with Gasteiger partial charge < -0.3 is 10.2 Å². The van der Waals surface area contributed by atoms with Crippen LogP contribution in [0.4, 0.5) is 5.82 Å². The van der Waals surface area contributed by atoms with Crippen LogP contribution >= 0.6 is 0 Å². The number of aryl methyl sites for hydroxylation is 1. The van der Waals surface area contributed by atoms with Gasteiger partial charge in [-0.1, -0.05) is 6.92 Å². The van der Waals surface area contributed by atoms with Gasteiger partial charge >= 0.3 is 0 Å². The second-order valence-electron chi connectivity index (χ2n) is 5.99. The first-order valence-electron chi connectivity index (χ1n) is 6.94. The molecule has 1 aromatic heterocycles. The molecule has 2 aliphatic rings. The third kappa shape index (κ3) is 1.99. The summed E-state index contributed by atoms with van der Waals surface area (Å²) in [6.45, 7) is 5.68. The maximum Gasteiger partial charge on any atom is 0.135 e. The number of anilines is 1. The molecule has 0 saturated carbocycles. The zero-order chi connectivity index (χ0) is 12.6. The number of hydrogen-bond donors (Lipinski definition) is 1. The Balaban J connectivity index is 1.83. The number of nitrogens with one attached hydrogen (secondary N) is 1. The van der Waals surface area contributed by atoms with Gasteiger partial charge in [-0.05, 0) is 38.1 Å². The number of hydrogen-bond acceptors (Lipinski definition) is 4. The average Bonchev–Trinajstić information content (AvgIpc) is 2.95. The highest BCUT2D eigenvalue weighted by Gasteiger charge is 2.35. The van der Waals surface area contributed by atoms with Gasteiger partial charge in [0.05, 0.1) is 0 Å². The third-order valence-corrected chi connectivity index (χ3v) is 4.31. The van der Waals surface area contributed by atoms with Crippen molar-refractivity contribution in [3.8, 4) is 0 Å². The van der Waals surface area contributed by atoms with E-state index in [1.165, 1.54) is 29.9 Å². The van der Waals surface area contributed by atoms with Crippen LogP contribution in [0.25, 0.3) is 0 Å². The second kappa shape index (κ2) is 4.50. The Labute approximate surface area is 109 Å². The molecule has 4 heteroatoms. The Kier molecular flexibility index (Phi) is 2.98. The fraction of sp³-hybridized carbons (Fsp3) is 0.714. The van der Waals surface area contributed by atoms with E-state index in [0.717, 1.165) is 32.5 Å². The first kappa shape index (κ1) is 11.9. The van der Waals surface area contributed by atoms with Gasteiger partial charge in [-0.15, -0.1) is 0 Å². The fourth-order valence-electron chi connectivity index (χ4n) is 3.39. The normalized spacial score (nSPS) is 26.7. The molecule has 0 radical (unpaired) electrons. The molecule has 3 rings (SSSR count). The van der Waals surface area contributed by atoms with Crippen molar-refractivity contribution in [2.75, 3.05) is 31.6 Å². The number of nitrogens with zero attached hydrogens (tertiary/aromatic N) is 3. The molecule has 0 spiro atoms. The lowest BCUT2D eigenvalue weighted by Crippen LogP contribution is -2.33. The zero-order valence-electron chi connectivity index (χ0n) is 11.4. The van der Waals surface area contributed by atoms with Crippen LogP contribution in [0.1, 0.15) is 31.0 Å². The summed E-state index contributed by atoms with van der Waals surface area (Å²) in [5.41, 5.74) is 3.07. The van der Waals surface area contributed by atoms with Gasteiger partial charge in [-0.2, -0.15) is 0 Å². The molecule has 1 aliphatic heterocycles. The van der Waals surface area contributed by atoms with E-state index in [1.54, 1.807) is 6.33 Å². The zero-order valence-corrected chi connectivity index (χ0v) is 11.4. The molecule has 98 valence electrons. The summed E-state index contributed by atoms with van der Waals surface area (Å²) in [4.78, 5) is 11.4. The van der Waals surface area contributed by atoms with Crippen LogP contribution in [0.5, 0.6) is 0 Å². The molecule has 0 aromatic carbocycles. The van der Waals surface area contributed by atoms with E-state index in [9.17, 15) is 0 Å². The highest BCUT2D eigenvalue weighted by Crippen LogP contribution is 2.35. The third-order valence-electron chi connectivity index (χ3n) is 4.31. The fourth-order valence-corrected chi connectivity index (χ4v) is 3.39. The van der Waals surface area contributed by atoms with Crippen LogP contribution in [0.15, 0.2) is 6.33 Å². The summed E-state index contributed by atoms with van der Waals surface area (Å²) in [5, 5.41) is 3.32. The van der Waals surface area contributed by atoms with E-state index in [2.05, 4.69) is 27.1 Å². The van der Waals surface area contributed by atoms with Crippen molar-refractivity contribution >= 4 is 5.82 Å². The summed E-state index contributed by atoms with van der Waals surface area (Å²) in [7, 11) is 2.04. The molecular formula is C14H22N4. The standard InChI is InChI=1S/C14H22N4/c1-14(8-15-2)6-7-18(9-14)13-11-4-3-5-12(11)16-10-17-13/h10,15H,3-9H2,1-2H3. The highest BCUT2D eigenvalue weighted by atomic mass is 15.2. The Bertz CT molecular complexity index is 445. The topological polar surface area (TPSA) is 41.0 Å². The van der Waals surface area contributed by atoms with Gasteiger partial charge in [0.1, 0.15) is 12.1 Å². The van der Waals surface area contributed by atoms with Gasteiger partial charge in [0, 0.05) is 30.9 Å². The Morgan fingerprint density at radius 2 is 2.28 bits per heavy atom. The lowest BCUT2D eigenvalue weighted by Gasteiger charge is -2.25. The van der Waals surface area contributed by atoms with Crippen LogP contribution in [0.2, 0.25) is 0 Å². The molecule has 1 unspecified atom stereocenters. The predicted molar refractivity (Wildman–Crippen MR) is 72.9 cm³/mol.